The molecular formula is C19H37N3O13. The Labute approximate surface area is 201 Å². The number of hydrogen-bond acceptors (Lipinski definition) is 16. The Bertz CT molecular complexity index is 661. The maximum Gasteiger partial charge on any atom is 0.176 e. The maximum atomic E-state index is 10.9. The summed E-state index contributed by atoms with van der Waals surface area (Å²) in [5.74, 6) is 0. The minimum absolute atomic E-state index is 0.564. The van der Waals surface area contributed by atoms with Gasteiger partial charge in [0.15, 0.2) is 18.9 Å². The van der Waals surface area contributed by atoms with Gasteiger partial charge in [-0.2, -0.15) is 0 Å². The van der Waals surface area contributed by atoms with E-state index >= 15 is 0 Å². The third kappa shape index (κ3) is 5.78. The molecule has 16 heteroatoms. The van der Waals surface area contributed by atoms with Crippen LogP contribution in [0.3, 0.4) is 0 Å². The highest BCUT2D eigenvalue weighted by molar-refractivity contribution is 4.98. The second-order valence-corrected chi connectivity index (χ2v) is 8.81. The Balaban J connectivity index is 1.72. The molecule has 0 saturated carbocycles. The van der Waals surface area contributed by atoms with Gasteiger partial charge in [-0.25, -0.2) is 0 Å². The van der Waals surface area contributed by atoms with E-state index in [4.69, 9.17) is 45.6 Å². The van der Waals surface area contributed by atoms with Crippen LogP contribution in [0.5, 0.6) is 0 Å². The number of aliphatic hydroxyl groups excluding tert-OH is 7. The topological polar surface area (TPSA) is 275 Å². The highest BCUT2D eigenvalue weighted by Gasteiger charge is 2.52. The van der Waals surface area contributed by atoms with Gasteiger partial charge < -0.3 is 81.4 Å². The van der Waals surface area contributed by atoms with E-state index in [1.165, 1.54) is 7.11 Å². The molecule has 3 aliphatic rings. The molecule has 7 unspecified atom stereocenters. The first kappa shape index (κ1) is 28.9. The largest absolute Gasteiger partial charge is 0.394 e. The van der Waals surface area contributed by atoms with Crippen molar-refractivity contribution >= 4 is 0 Å². The van der Waals surface area contributed by atoms with Crippen LogP contribution in [0.4, 0.5) is 0 Å². The van der Waals surface area contributed by atoms with E-state index in [0.29, 0.717) is 0 Å². The molecule has 15 atom stereocenters. The van der Waals surface area contributed by atoms with Crippen LogP contribution in [-0.2, 0) is 28.4 Å². The lowest BCUT2D eigenvalue weighted by atomic mass is 9.94. The first-order valence-electron chi connectivity index (χ1n) is 11.2. The highest BCUT2D eigenvalue weighted by Crippen LogP contribution is 2.31. The molecule has 0 aromatic heterocycles. The molecule has 0 spiro atoms. The van der Waals surface area contributed by atoms with E-state index < -0.39 is 112 Å². The normalized spacial score (nSPS) is 51.3. The quantitative estimate of drug-likeness (QED) is 0.144. The smallest absolute Gasteiger partial charge is 0.176 e. The summed E-state index contributed by atoms with van der Waals surface area (Å²) in [7, 11) is 1.32. The Morgan fingerprint density at radius 2 is 0.943 bits per heavy atom. The van der Waals surface area contributed by atoms with Crippen molar-refractivity contribution in [2.45, 2.75) is 91.9 Å². The lowest BCUT2D eigenvalue weighted by molar-refractivity contribution is -0.349. The Morgan fingerprint density at radius 1 is 0.571 bits per heavy atom. The van der Waals surface area contributed by atoms with Crippen LogP contribution in [0.1, 0.15) is 0 Å². The van der Waals surface area contributed by atoms with Gasteiger partial charge in [-0.1, -0.05) is 0 Å². The van der Waals surface area contributed by atoms with Crippen LogP contribution in [0.15, 0.2) is 0 Å². The molecule has 0 radical (unpaired) electrons. The Morgan fingerprint density at radius 3 is 1.37 bits per heavy atom. The molecule has 3 saturated heterocycles. The van der Waals surface area contributed by atoms with Gasteiger partial charge in [0.05, 0.1) is 37.9 Å². The van der Waals surface area contributed by atoms with Crippen molar-refractivity contribution in [1.29, 1.82) is 0 Å². The average Bonchev–Trinajstić information content (AvgIpc) is 2.86. The van der Waals surface area contributed by atoms with Gasteiger partial charge in [-0.05, 0) is 0 Å². The molecule has 0 aliphatic carbocycles. The maximum absolute atomic E-state index is 10.9. The zero-order valence-corrected chi connectivity index (χ0v) is 19.1. The van der Waals surface area contributed by atoms with Crippen LogP contribution in [0, 0.1) is 0 Å². The van der Waals surface area contributed by atoms with Crippen LogP contribution in [-0.4, -0.2) is 155 Å². The van der Waals surface area contributed by atoms with Crippen molar-refractivity contribution in [3.05, 3.63) is 0 Å². The summed E-state index contributed by atoms with van der Waals surface area (Å²) in [6.07, 6.45) is -15.7. The van der Waals surface area contributed by atoms with Crippen molar-refractivity contribution in [3.8, 4) is 0 Å². The zero-order valence-electron chi connectivity index (χ0n) is 19.1. The third-order valence-electron chi connectivity index (χ3n) is 6.54. The molecule has 0 aromatic rings. The van der Waals surface area contributed by atoms with Crippen molar-refractivity contribution in [3.63, 3.8) is 0 Å². The molecule has 3 fully saturated rings. The zero-order chi connectivity index (χ0) is 26.0. The second kappa shape index (κ2) is 12.3. The van der Waals surface area contributed by atoms with E-state index in [0.717, 1.165) is 0 Å². The Hall–Kier alpha value is -0.640. The molecule has 0 bridgehead atoms. The summed E-state index contributed by atoms with van der Waals surface area (Å²) < 4.78 is 33.1. The number of hydrogen-bond donors (Lipinski definition) is 10. The molecule has 3 aliphatic heterocycles. The fourth-order valence-corrected chi connectivity index (χ4v) is 4.38. The first-order valence-corrected chi connectivity index (χ1v) is 11.2. The van der Waals surface area contributed by atoms with E-state index in [1.54, 1.807) is 0 Å². The molecule has 35 heavy (non-hydrogen) atoms. The van der Waals surface area contributed by atoms with Gasteiger partial charge in [0.2, 0.25) is 0 Å². The molecule has 13 N–H and O–H groups in total. The summed E-state index contributed by atoms with van der Waals surface area (Å²) in [4.78, 5) is 0. The molecule has 16 nitrogen and oxygen atoms in total. The minimum atomic E-state index is -1.53. The summed E-state index contributed by atoms with van der Waals surface area (Å²) in [5.41, 5.74) is 17.9. The fourth-order valence-electron chi connectivity index (χ4n) is 4.38. The van der Waals surface area contributed by atoms with Crippen molar-refractivity contribution < 1.29 is 64.2 Å². The van der Waals surface area contributed by atoms with Gasteiger partial charge >= 0.3 is 0 Å². The van der Waals surface area contributed by atoms with Crippen LogP contribution >= 0.6 is 0 Å². The monoisotopic (exact) mass is 515 g/mol. The number of rotatable bonds is 8. The summed E-state index contributed by atoms with van der Waals surface area (Å²) in [5, 5.41) is 70.4. The molecule has 3 rings (SSSR count). The van der Waals surface area contributed by atoms with E-state index in [1.807, 2.05) is 0 Å². The minimum Gasteiger partial charge on any atom is -0.394 e. The number of ether oxygens (including phenoxy) is 6. The van der Waals surface area contributed by atoms with Gasteiger partial charge in [-0.3, -0.25) is 0 Å². The van der Waals surface area contributed by atoms with E-state index in [-0.39, 0.29) is 0 Å². The summed E-state index contributed by atoms with van der Waals surface area (Å²) in [6.45, 7) is -1.88. The number of nitrogens with two attached hydrogens (primary N) is 3. The van der Waals surface area contributed by atoms with Crippen LogP contribution < -0.4 is 17.2 Å². The van der Waals surface area contributed by atoms with Crippen molar-refractivity contribution in [1.82, 2.24) is 0 Å². The molecule has 3 heterocycles. The standard InChI is InChI=1S/C19H37N3O13/c1-30-17-9(21)13(28)15(6(3-24)32-17)35-19-10(22)14(29)16(7(4-25)33-19)34-18-8(20)12(27)11(26)5(2-23)31-18/h5-19,23-29H,2-4,20-22H2,1H3/t5?,6?,7?,8-,9-,10+,11?,12-,13-,14?,15?,16?,17+,18-,19-/m1/s1. The summed E-state index contributed by atoms with van der Waals surface area (Å²) >= 11 is 0. The predicted molar refractivity (Wildman–Crippen MR) is 112 cm³/mol. The van der Waals surface area contributed by atoms with Gasteiger partial charge in [0.1, 0.15) is 54.9 Å². The Kier molecular flexibility index (Phi) is 10.1. The molecule has 0 amide bonds. The van der Waals surface area contributed by atoms with Gasteiger partial charge in [0.25, 0.3) is 0 Å². The SMILES string of the molecule is CO[C@H]1OC(CO)C(O[C@H]2OC(CO)C(O[C@H]3OC(CO)C(O)[C@H](O)[C@H]3N)C(O)[C@@H]2N)[C@H](O)[C@H]1N. The fraction of sp³-hybridized carbons (Fsp3) is 1.00. The average molecular weight is 516 g/mol. The highest BCUT2D eigenvalue weighted by atomic mass is 16.7. The second-order valence-electron chi connectivity index (χ2n) is 8.81. The predicted octanol–water partition coefficient (Wildman–Crippen LogP) is -7.02. The molecule has 206 valence electrons. The van der Waals surface area contributed by atoms with Crippen LogP contribution in [0.25, 0.3) is 0 Å². The van der Waals surface area contributed by atoms with E-state index in [2.05, 4.69) is 0 Å². The molecular weight excluding hydrogens is 478 g/mol. The summed E-state index contributed by atoms with van der Waals surface area (Å²) in [6, 6.07) is -3.59. The lowest BCUT2D eigenvalue weighted by Gasteiger charge is -2.48. The van der Waals surface area contributed by atoms with Crippen molar-refractivity contribution in [2.24, 2.45) is 17.2 Å². The van der Waals surface area contributed by atoms with Crippen molar-refractivity contribution in [2.75, 3.05) is 26.9 Å². The third-order valence-corrected chi connectivity index (χ3v) is 6.54. The molecule has 0 aromatic carbocycles. The van der Waals surface area contributed by atoms with E-state index in [9.17, 15) is 35.7 Å². The first-order chi connectivity index (χ1) is 16.6. The van der Waals surface area contributed by atoms with Crippen LogP contribution in [0.2, 0.25) is 0 Å². The lowest BCUT2D eigenvalue weighted by Crippen LogP contribution is -2.69. The number of aliphatic hydroxyl groups is 7. The van der Waals surface area contributed by atoms with Gasteiger partial charge in [0, 0.05) is 7.11 Å². The number of methoxy groups -OCH3 is 1. The van der Waals surface area contributed by atoms with Gasteiger partial charge in [-0.15, -0.1) is 0 Å².